The van der Waals surface area contributed by atoms with Crippen LogP contribution in [0, 0.1) is 0 Å². The average molecular weight is 247 g/mol. The normalized spacial score (nSPS) is 28.1. The Morgan fingerprint density at radius 1 is 1.22 bits per heavy atom. The Bertz CT molecular complexity index is 427. The van der Waals surface area contributed by atoms with E-state index in [9.17, 15) is 5.11 Å². The molecule has 3 heteroatoms. The van der Waals surface area contributed by atoms with Crippen molar-refractivity contribution in [3.05, 3.63) is 29.3 Å². The van der Waals surface area contributed by atoms with Gasteiger partial charge in [-0.1, -0.05) is 12.5 Å². The minimum absolute atomic E-state index is 0.271. The van der Waals surface area contributed by atoms with Gasteiger partial charge in [0.05, 0.1) is 13.2 Å². The minimum atomic E-state index is -0.354. The van der Waals surface area contributed by atoms with Crippen LogP contribution in [0.3, 0.4) is 0 Å². The Kier molecular flexibility index (Phi) is 3.27. The van der Waals surface area contributed by atoms with E-state index in [2.05, 4.69) is 11.0 Å². The molecule has 2 aliphatic rings. The van der Waals surface area contributed by atoms with Gasteiger partial charge >= 0.3 is 0 Å². The van der Waals surface area contributed by atoms with Crippen LogP contribution in [0.15, 0.2) is 18.2 Å². The lowest BCUT2D eigenvalue weighted by Gasteiger charge is -2.34. The quantitative estimate of drug-likeness (QED) is 0.869. The van der Waals surface area contributed by atoms with E-state index in [1.165, 1.54) is 24.8 Å². The van der Waals surface area contributed by atoms with Crippen molar-refractivity contribution >= 4 is 0 Å². The van der Waals surface area contributed by atoms with Gasteiger partial charge in [0.1, 0.15) is 5.75 Å². The lowest BCUT2D eigenvalue weighted by atomic mass is 10.0. The van der Waals surface area contributed by atoms with Gasteiger partial charge in [-0.25, -0.2) is 0 Å². The number of methoxy groups -OCH3 is 1. The first-order valence-corrected chi connectivity index (χ1v) is 6.88. The Morgan fingerprint density at radius 2 is 2.00 bits per heavy atom. The van der Waals surface area contributed by atoms with E-state index in [1.807, 2.05) is 12.1 Å². The Labute approximate surface area is 108 Å². The highest BCUT2D eigenvalue weighted by Gasteiger charge is 2.35. The molecule has 0 saturated carbocycles. The topological polar surface area (TPSA) is 32.7 Å². The van der Waals surface area contributed by atoms with Crippen LogP contribution in [0.2, 0.25) is 0 Å². The third kappa shape index (κ3) is 2.02. The van der Waals surface area contributed by atoms with E-state index in [-0.39, 0.29) is 12.1 Å². The lowest BCUT2D eigenvalue weighted by Crippen LogP contribution is -2.41. The first kappa shape index (κ1) is 12.0. The summed E-state index contributed by atoms with van der Waals surface area (Å²) >= 11 is 0. The van der Waals surface area contributed by atoms with Gasteiger partial charge in [-0.3, -0.25) is 4.90 Å². The maximum absolute atomic E-state index is 10.5. The average Bonchev–Trinajstić information content (AvgIpc) is 2.77. The number of hydrogen-bond acceptors (Lipinski definition) is 3. The number of rotatable bonds is 2. The van der Waals surface area contributed by atoms with Crippen molar-refractivity contribution in [2.45, 2.75) is 37.8 Å². The van der Waals surface area contributed by atoms with E-state index >= 15 is 0 Å². The number of ether oxygens (including phenoxy) is 1. The van der Waals surface area contributed by atoms with Gasteiger partial charge in [0.15, 0.2) is 0 Å². The Hall–Kier alpha value is -1.06. The Morgan fingerprint density at radius 3 is 2.72 bits per heavy atom. The SMILES string of the molecule is COc1ccc2c(c1)C(O)C(N1CCCCC1)C2. The summed E-state index contributed by atoms with van der Waals surface area (Å²) < 4.78 is 5.24. The zero-order chi connectivity index (χ0) is 12.5. The molecule has 98 valence electrons. The van der Waals surface area contributed by atoms with Gasteiger partial charge in [0.2, 0.25) is 0 Å². The first-order valence-electron chi connectivity index (χ1n) is 6.88. The van der Waals surface area contributed by atoms with Gasteiger partial charge in [-0.2, -0.15) is 0 Å². The summed E-state index contributed by atoms with van der Waals surface area (Å²) in [4.78, 5) is 2.46. The number of nitrogens with zero attached hydrogens (tertiary/aromatic N) is 1. The molecular formula is C15H21NO2. The predicted molar refractivity (Wildman–Crippen MR) is 70.9 cm³/mol. The van der Waals surface area contributed by atoms with Crippen LogP contribution in [-0.4, -0.2) is 36.2 Å². The van der Waals surface area contributed by atoms with E-state index in [4.69, 9.17) is 4.74 Å². The van der Waals surface area contributed by atoms with Crippen molar-refractivity contribution in [2.24, 2.45) is 0 Å². The second kappa shape index (κ2) is 4.90. The molecule has 2 unspecified atom stereocenters. The predicted octanol–water partition coefficient (Wildman–Crippen LogP) is 2.14. The number of fused-ring (bicyclic) bond motifs is 1. The van der Waals surface area contributed by atoms with Crippen LogP contribution in [0.1, 0.15) is 36.5 Å². The van der Waals surface area contributed by atoms with Crippen molar-refractivity contribution < 1.29 is 9.84 Å². The minimum Gasteiger partial charge on any atom is -0.497 e. The zero-order valence-electron chi connectivity index (χ0n) is 10.9. The molecule has 1 aliphatic heterocycles. The highest BCUT2D eigenvalue weighted by molar-refractivity contribution is 5.41. The highest BCUT2D eigenvalue weighted by Crippen LogP contribution is 2.37. The lowest BCUT2D eigenvalue weighted by molar-refractivity contribution is 0.0493. The molecule has 1 saturated heterocycles. The van der Waals surface area contributed by atoms with E-state index < -0.39 is 0 Å². The summed E-state index contributed by atoms with van der Waals surface area (Å²) in [5, 5.41) is 10.5. The molecular weight excluding hydrogens is 226 g/mol. The highest BCUT2D eigenvalue weighted by atomic mass is 16.5. The fraction of sp³-hybridized carbons (Fsp3) is 0.600. The van der Waals surface area contributed by atoms with Crippen LogP contribution >= 0.6 is 0 Å². The molecule has 1 heterocycles. The monoisotopic (exact) mass is 247 g/mol. The number of likely N-dealkylation sites (tertiary alicyclic amines) is 1. The molecule has 1 aromatic carbocycles. The molecule has 1 aliphatic carbocycles. The molecule has 0 bridgehead atoms. The first-order chi connectivity index (χ1) is 8.79. The fourth-order valence-electron chi connectivity index (χ4n) is 3.28. The molecule has 1 aromatic rings. The van der Waals surface area contributed by atoms with Crippen LogP contribution < -0.4 is 4.74 Å². The molecule has 0 radical (unpaired) electrons. The fourth-order valence-corrected chi connectivity index (χ4v) is 3.28. The van der Waals surface area contributed by atoms with Gasteiger partial charge < -0.3 is 9.84 Å². The smallest absolute Gasteiger partial charge is 0.119 e. The second-order valence-corrected chi connectivity index (χ2v) is 5.38. The van der Waals surface area contributed by atoms with Gasteiger partial charge in [0.25, 0.3) is 0 Å². The van der Waals surface area contributed by atoms with Crippen molar-refractivity contribution in [3.8, 4) is 5.75 Å². The Balaban J connectivity index is 1.81. The van der Waals surface area contributed by atoms with Crippen LogP contribution in [0.5, 0.6) is 5.75 Å². The van der Waals surface area contributed by atoms with Crippen molar-refractivity contribution in [1.29, 1.82) is 0 Å². The standard InChI is InChI=1S/C15H21NO2/c1-18-12-6-5-11-9-14(15(17)13(11)10-12)16-7-3-2-4-8-16/h5-6,10,14-15,17H,2-4,7-9H2,1H3. The number of benzene rings is 1. The summed E-state index contributed by atoms with van der Waals surface area (Å²) in [5.41, 5.74) is 2.34. The molecule has 0 amide bonds. The summed E-state index contributed by atoms with van der Waals surface area (Å²) in [7, 11) is 1.67. The summed E-state index contributed by atoms with van der Waals surface area (Å²) in [6.07, 6.45) is 4.49. The number of piperidine rings is 1. The van der Waals surface area contributed by atoms with Crippen LogP contribution in [0.25, 0.3) is 0 Å². The van der Waals surface area contributed by atoms with Crippen LogP contribution in [0.4, 0.5) is 0 Å². The molecule has 18 heavy (non-hydrogen) atoms. The summed E-state index contributed by atoms with van der Waals surface area (Å²) in [6, 6.07) is 6.35. The van der Waals surface area contributed by atoms with Gasteiger partial charge in [-0.15, -0.1) is 0 Å². The maximum atomic E-state index is 10.5. The molecule has 3 rings (SSSR count). The molecule has 0 spiro atoms. The van der Waals surface area contributed by atoms with Crippen molar-refractivity contribution in [1.82, 2.24) is 4.90 Å². The molecule has 0 aromatic heterocycles. The summed E-state index contributed by atoms with van der Waals surface area (Å²) in [6.45, 7) is 2.26. The third-order valence-corrected chi connectivity index (χ3v) is 4.32. The van der Waals surface area contributed by atoms with E-state index in [0.717, 1.165) is 30.8 Å². The van der Waals surface area contributed by atoms with Crippen molar-refractivity contribution in [2.75, 3.05) is 20.2 Å². The van der Waals surface area contributed by atoms with Gasteiger partial charge in [0, 0.05) is 6.04 Å². The van der Waals surface area contributed by atoms with E-state index in [0.29, 0.717) is 0 Å². The molecule has 1 fully saturated rings. The number of hydrogen-bond donors (Lipinski definition) is 1. The molecule has 2 atom stereocenters. The molecule has 1 N–H and O–H groups in total. The number of aliphatic hydroxyl groups excluding tert-OH is 1. The molecule has 3 nitrogen and oxygen atoms in total. The summed E-state index contributed by atoms with van der Waals surface area (Å²) in [5.74, 6) is 0.840. The number of aliphatic hydroxyl groups is 1. The third-order valence-electron chi connectivity index (χ3n) is 4.32. The second-order valence-electron chi connectivity index (χ2n) is 5.38. The largest absolute Gasteiger partial charge is 0.497 e. The zero-order valence-corrected chi connectivity index (χ0v) is 10.9. The van der Waals surface area contributed by atoms with Crippen molar-refractivity contribution in [3.63, 3.8) is 0 Å². The van der Waals surface area contributed by atoms with Gasteiger partial charge in [-0.05, 0) is 55.6 Å². The van der Waals surface area contributed by atoms with E-state index in [1.54, 1.807) is 7.11 Å². The maximum Gasteiger partial charge on any atom is 0.119 e. The van der Waals surface area contributed by atoms with Crippen LogP contribution in [-0.2, 0) is 6.42 Å².